The first-order chi connectivity index (χ1) is 10.2. The van der Waals surface area contributed by atoms with Gasteiger partial charge < -0.3 is 10.2 Å². The van der Waals surface area contributed by atoms with Gasteiger partial charge >= 0.3 is 6.18 Å². The van der Waals surface area contributed by atoms with E-state index < -0.39 is 24.5 Å². The van der Waals surface area contributed by atoms with E-state index in [0.29, 0.717) is 17.9 Å². The largest absolute Gasteiger partial charge is 0.406 e. The highest BCUT2D eigenvalue weighted by molar-refractivity contribution is 7.09. The second-order valence-electron chi connectivity index (χ2n) is 5.19. The molecule has 1 unspecified atom stereocenters. The summed E-state index contributed by atoms with van der Waals surface area (Å²) in [6.07, 6.45) is -4.05. The molecule has 22 heavy (non-hydrogen) atoms. The number of alkyl halides is 3. The lowest BCUT2D eigenvalue weighted by Crippen LogP contribution is -2.37. The van der Waals surface area contributed by atoms with Crippen molar-refractivity contribution in [1.29, 1.82) is 0 Å². The van der Waals surface area contributed by atoms with Crippen LogP contribution in [-0.4, -0.2) is 47.5 Å². The Bertz CT molecular complexity index is 559. The lowest BCUT2D eigenvalue weighted by Gasteiger charge is -2.18. The van der Waals surface area contributed by atoms with Gasteiger partial charge in [0.25, 0.3) is 0 Å². The van der Waals surface area contributed by atoms with Gasteiger partial charge in [-0.3, -0.25) is 9.59 Å². The zero-order valence-corrected chi connectivity index (χ0v) is 12.8. The van der Waals surface area contributed by atoms with Crippen molar-refractivity contribution < 1.29 is 22.8 Å². The Kier molecular flexibility index (Phi) is 5.05. The molecule has 1 aliphatic rings. The fourth-order valence-electron chi connectivity index (χ4n) is 2.30. The molecular weight excluding hydrogens is 319 g/mol. The minimum absolute atomic E-state index is 0.169. The number of nitrogens with one attached hydrogen (secondary N) is 1. The van der Waals surface area contributed by atoms with Gasteiger partial charge in [-0.2, -0.15) is 13.2 Å². The maximum atomic E-state index is 12.3. The minimum atomic E-state index is -4.44. The van der Waals surface area contributed by atoms with Crippen molar-refractivity contribution in [2.75, 3.05) is 19.6 Å². The molecule has 0 aromatic carbocycles. The van der Waals surface area contributed by atoms with E-state index in [-0.39, 0.29) is 18.9 Å². The Hall–Kier alpha value is -1.64. The molecule has 1 atom stereocenters. The van der Waals surface area contributed by atoms with Crippen LogP contribution in [0.15, 0.2) is 5.38 Å². The van der Waals surface area contributed by atoms with Gasteiger partial charge in [0.15, 0.2) is 0 Å². The van der Waals surface area contributed by atoms with Crippen LogP contribution in [0.2, 0.25) is 0 Å². The first-order valence-electron chi connectivity index (χ1n) is 6.78. The Labute approximate surface area is 129 Å². The minimum Gasteiger partial charge on any atom is -0.355 e. The summed E-state index contributed by atoms with van der Waals surface area (Å²) in [5.74, 6) is -1.73. The van der Waals surface area contributed by atoms with Crippen LogP contribution in [0.4, 0.5) is 13.2 Å². The first kappa shape index (κ1) is 16.7. The highest BCUT2D eigenvalue weighted by atomic mass is 32.1. The van der Waals surface area contributed by atoms with Crippen LogP contribution in [0.1, 0.15) is 17.1 Å². The highest BCUT2D eigenvalue weighted by Crippen LogP contribution is 2.23. The van der Waals surface area contributed by atoms with Crippen molar-refractivity contribution in [3.63, 3.8) is 0 Å². The summed E-state index contributed by atoms with van der Waals surface area (Å²) in [7, 11) is 0. The van der Waals surface area contributed by atoms with Crippen LogP contribution < -0.4 is 5.32 Å². The number of nitrogens with zero attached hydrogens (tertiary/aromatic N) is 2. The summed E-state index contributed by atoms with van der Waals surface area (Å²) >= 11 is 1.51. The van der Waals surface area contributed by atoms with Crippen LogP contribution in [0.25, 0.3) is 0 Å². The third-order valence-corrected chi connectivity index (χ3v) is 4.12. The molecular formula is C13H16F3N3O2S. The topological polar surface area (TPSA) is 62.3 Å². The molecule has 2 heterocycles. The Morgan fingerprint density at radius 2 is 2.27 bits per heavy atom. The number of carbonyl (C=O) groups is 2. The van der Waals surface area contributed by atoms with E-state index >= 15 is 0 Å². The first-order valence-corrected chi connectivity index (χ1v) is 7.66. The molecule has 0 saturated carbocycles. The predicted octanol–water partition coefficient (Wildman–Crippen LogP) is 1.52. The number of aromatic nitrogens is 1. The summed E-state index contributed by atoms with van der Waals surface area (Å²) in [6.45, 7) is 0.756. The average Bonchev–Trinajstić information content (AvgIpc) is 2.95. The molecule has 2 rings (SSSR count). The van der Waals surface area contributed by atoms with E-state index in [1.807, 2.05) is 12.3 Å². The SMILES string of the molecule is Cc1nc(CCNC(=O)C2CC(=O)N(CC(F)(F)F)C2)cs1. The van der Waals surface area contributed by atoms with Crippen LogP contribution in [0.5, 0.6) is 0 Å². The molecule has 0 spiro atoms. The van der Waals surface area contributed by atoms with E-state index in [2.05, 4.69) is 10.3 Å². The second-order valence-corrected chi connectivity index (χ2v) is 6.25. The number of likely N-dealkylation sites (tertiary alicyclic amines) is 1. The maximum absolute atomic E-state index is 12.3. The third-order valence-electron chi connectivity index (χ3n) is 3.30. The van der Waals surface area contributed by atoms with Gasteiger partial charge in [-0.1, -0.05) is 0 Å². The summed E-state index contributed by atoms with van der Waals surface area (Å²) < 4.78 is 36.9. The number of hydrogen-bond donors (Lipinski definition) is 1. The van der Waals surface area contributed by atoms with Crippen LogP contribution in [-0.2, 0) is 16.0 Å². The summed E-state index contributed by atoms with van der Waals surface area (Å²) in [6, 6.07) is 0. The molecule has 0 bridgehead atoms. The molecule has 1 aromatic rings. The Balaban J connectivity index is 1.77. The number of thiazole rings is 1. The van der Waals surface area contributed by atoms with Gasteiger partial charge in [-0.25, -0.2) is 4.98 Å². The van der Waals surface area contributed by atoms with E-state index in [0.717, 1.165) is 10.7 Å². The number of halogens is 3. The van der Waals surface area contributed by atoms with Crippen molar-refractivity contribution in [2.45, 2.75) is 25.9 Å². The molecule has 0 aliphatic carbocycles. The van der Waals surface area contributed by atoms with Crippen LogP contribution in [0.3, 0.4) is 0 Å². The van der Waals surface area contributed by atoms with Crippen molar-refractivity contribution in [3.05, 3.63) is 16.1 Å². The summed E-state index contributed by atoms with van der Waals surface area (Å²) in [5.41, 5.74) is 0.865. The highest BCUT2D eigenvalue weighted by Gasteiger charge is 2.40. The maximum Gasteiger partial charge on any atom is 0.406 e. The van der Waals surface area contributed by atoms with E-state index in [1.54, 1.807) is 0 Å². The number of carbonyl (C=O) groups excluding carboxylic acids is 2. The van der Waals surface area contributed by atoms with Gasteiger partial charge in [-0.15, -0.1) is 11.3 Å². The van der Waals surface area contributed by atoms with E-state index in [9.17, 15) is 22.8 Å². The third kappa shape index (κ3) is 4.69. The number of amides is 2. The van der Waals surface area contributed by atoms with Gasteiger partial charge in [0.05, 0.1) is 16.6 Å². The zero-order chi connectivity index (χ0) is 16.3. The average molecular weight is 335 g/mol. The number of aryl methyl sites for hydroxylation is 1. The van der Waals surface area contributed by atoms with Gasteiger partial charge in [-0.05, 0) is 6.92 Å². The summed E-state index contributed by atoms with van der Waals surface area (Å²) in [5, 5.41) is 5.48. The Morgan fingerprint density at radius 3 is 2.86 bits per heavy atom. The quantitative estimate of drug-likeness (QED) is 0.887. The molecule has 1 fully saturated rings. The lowest BCUT2D eigenvalue weighted by molar-refractivity contribution is -0.157. The lowest BCUT2D eigenvalue weighted by atomic mass is 10.1. The van der Waals surface area contributed by atoms with E-state index in [1.165, 1.54) is 11.3 Å². The monoisotopic (exact) mass is 335 g/mol. The van der Waals surface area contributed by atoms with Gasteiger partial charge in [0, 0.05) is 31.3 Å². The predicted molar refractivity (Wildman–Crippen MR) is 74.3 cm³/mol. The standard InChI is InChI=1S/C13H16F3N3O2S/c1-8-18-10(6-22-8)2-3-17-12(21)9-4-11(20)19(5-9)7-13(14,15)16/h6,9H,2-5,7H2,1H3,(H,17,21). The number of rotatable bonds is 5. The van der Waals surface area contributed by atoms with Gasteiger partial charge in [0.1, 0.15) is 6.54 Å². The second kappa shape index (κ2) is 6.64. The van der Waals surface area contributed by atoms with Crippen molar-refractivity contribution in [3.8, 4) is 0 Å². The van der Waals surface area contributed by atoms with Crippen molar-refractivity contribution in [2.24, 2.45) is 5.92 Å². The zero-order valence-electron chi connectivity index (χ0n) is 11.9. The molecule has 1 aliphatic heterocycles. The normalized spacial score (nSPS) is 18.8. The Morgan fingerprint density at radius 1 is 1.55 bits per heavy atom. The fourth-order valence-corrected chi connectivity index (χ4v) is 2.95. The molecule has 0 radical (unpaired) electrons. The fraction of sp³-hybridized carbons (Fsp3) is 0.615. The van der Waals surface area contributed by atoms with Crippen molar-refractivity contribution in [1.82, 2.24) is 15.2 Å². The van der Waals surface area contributed by atoms with Crippen molar-refractivity contribution >= 4 is 23.2 Å². The van der Waals surface area contributed by atoms with Gasteiger partial charge in [0.2, 0.25) is 11.8 Å². The number of hydrogen-bond acceptors (Lipinski definition) is 4. The molecule has 5 nitrogen and oxygen atoms in total. The molecule has 1 aromatic heterocycles. The molecule has 1 N–H and O–H groups in total. The van der Waals surface area contributed by atoms with E-state index in [4.69, 9.17) is 0 Å². The molecule has 122 valence electrons. The molecule has 2 amide bonds. The van der Waals surface area contributed by atoms with Crippen LogP contribution >= 0.6 is 11.3 Å². The molecule has 9 heteroatoms. The molecule has 1 saturated heterocycles. The van der Waals surface area contributed by atoms with Crippen LogP contribution in [0, 0.1) is 12.8 Å². The summed E-state index contributed by atoms with van der Waals surface area (Å²) in [4.78, 5) is 28.3. The smallest absolute Gasteiger partial charge is 0.355 e.